The van der Waals surface area contributed by atoms with Gasteiger partial charge in [-0.05, 0) is 5.56 Å². The lowest BCUT2D eigenvalue weighted by atomic mass is 10.1. The Morgan fingerprint density at radius 1 is 1.22 bits per heavy atom. The Morgan fingerprint density at radius 2 is 1.88 bits per heavy atom. The van der Waals surface area contributed by atoms with E-state index in [1.807, 2.05) is 0 Å². The van der Waals surface area contributed by atoms with E-state index in [1.165, 1.54) is 12.1 Å². The lowest BCUT2D eigenvalue weighted by Crippen LogP contribution is -2.39. The molecular weight excluding hydrogens is 453 g/mol. The van der Waals surface area contributed by atoms with Crippen LogP contribution in [0.5, 0.6) is 0 Å². The normalized spacial score (nSPS) is 15.0. The van der Waals surface area contributed by atoms with E-state index in [0.29, 0.717) is 37.1 Å². The van der Waals surface area contributed by atoms with E-state index >= 15 is 0 Å². The summed E-state index contributed by atoms with van der Waals surface area (Å²) in [6.07, 6.45) is -2.39. The third-order valence-corrected chi connectivity index (χ3v) is 5.58. The molecule has 174 valence electrons. The molecule has 1 amide bonds. The van der Waals surface area contributed by atoms with Gasteiger partial charge in [-0.1, -0.05) is 34.6 Å². The summed E-state index contributed by atoms with van der Waals surface area (Å²) < 4.78 is 64.0. The van der Waals surface area contributed by atoms with Crippen molar-refractivity contribution in [3.05, 3.63) is 35.7 Å². The summed E-state index contributed by atoms with van der Waals surface area (Å²) in [7, 11) is -3.10. The van der Waals surface area contributed by atoms with Crippen LogP contribution in [0.2, 0.25) is 0 Å². The van der Waals surface area contributed by atoms with Gasteiger partial charge in [-0.3, -0.25) is 4.79 Å². The maximum absolute atomic E-state index is 12.6. The first kappa shape index (κ1) is 23.7. The number of sulfone groups is 1. The van der Waals surface area contributed by atoms with Crippen LogP contribution in [0.3, 0.4) is 0 Å². The molecular formula is C19H21F3N4O5S. The molecule has 0 N–H and O–H groups in total. The van der Waals surface area contributed by atoms with Crippen molar-refractivity contribution in [1.29, 1.82) is 0 Å². The smallest absolute Gasteiger partial charge is 0.395 e. The quantitative estimate of drug-likeness (QED) is 0.447. The van der Waals surface area contributed by atoms with Gasteiger partial charge in [0.1, 0.15) is 6.61 Å². The molecule has 2 aromatic rings. The molecule has 32 heavy (non-hydrogen) atoms. The molecule has 0 atom stereocenters. The second-order valence-corrected chi connectivity index (χ2v) is 9.56. The summed E-state index contributed by atoms with van der Waals surface area (Å²) in [5.74, 6) is -1.80. The zero-order valence-electron chi connectivity index (χ0n) is 17.1. The first-order chi connectivity index (χ1) is 15.0. The summed E-state index contributed by atoms with van der Waals surface area (Å²) in [5.41, 5.74) is 1.81. The van der Waals surface area contributed by atoms with Crippen LogP contribution in [-0.4, -0.2) is 66.8 Å². The molecule has 3 rings (SSSR count). The van der Waals surface area contributed by atoms with Gasteiger partial charge >= 0.3 is 12.1 Å². The van der Waals surface area contributed by atoms with Crippen LogP contribution >= 0.6 is 0 Å². The van der Waals surface area contributed by atoms with Crippen molar-refractivity contribution in [3.8, 4) is 11.4 Å². The summed E-state index contributed by atoms with van der Waals surface area (Å²) in [5, 5.41) is 7.27. The molecule has 13 heteroatoms. The number of halogens is 3. The topological polar surface area (TPSA) is 115 Å². The van der Waals surface area contributed by atoms with Crippen molar-refractivity contribution < 1.29 is 35.7 Å². The summed E-state index contributed by atoms with van der Waals surface area (Å²) in [4.78, 5) is 22.6. The van der Waals surface area contributed by atoms with Gasteiger partial charge in [-0.2, -0.15) is 18.2 Å². The summed E-state index contributed by atoms with van der Waals surface area (Å²) >= 11 is 0. The molecule has 2 heterocycles. The van der Waals surface area contributed by atoms with Gasteiger partial charge in [0.05, 0.1) is 17.9 Å². The Morgan fingerprint density at radius 3 is 2.44 bits per heavy atom. The number of amides is 1. The van der Waals surface area contributed by atoms with E-state index in [0.717, 1.165) is 12.0 Å². The highest BCUT2D eigenvalue weighted by atomic mass is 32.2. The van der Waals surface area contributed by atoms with Crippen molar-refractivity contribution in [2.75, 3.05) is 31.7 Å². The number of hydrogen-bond acceptors (Lipinski definition) is 8. The van der Waals surface area contributed by atoms with Crippen LogP contribution in [-0.2, 0) is 32.1 Å². The number of benzene rings is 1. The number of likely N-dealkylation sites (tertiary alicyclic amines) is 1. The second kappa shape index (κ2) is 9.67. The zero-order valence-corrected chi connectivity index (χ0v) is 17.9. The van der Waals surface area contributed by atoms with Crippen molar-refractivity contribution >= 4 is 21.5 Å². The standard InChI is InChI=1S/C19H21F3N4O5S/c1-32(28,29)11-10-30-24-15-6-8-26(9-7-15)16(27)12-13-2-4-14(5-3-13)17-23-18(31-25-17)19(20,21)22/h2-5H,6-12H2,1H3. The number of rotatable bonds is 7. The van der Waals surface area contributed by atoms with E-state index in [1.54, 1.807) is 17.0 Å². The number of nitrogens with zero attached hydrogens (tertiary/aromatic N) is 4. The van der Waals surface area contributed by atoms with Gasteiger partial charge in [-0.15, -0.1) is 0 Å². The van der Waals surface area contributed by atoms with Gasteiger partial charge in [0.25, 0.3) is 0 Å². The average Bonchev–Trinajstić information content (AvgIpc) is 3.22. The molecule has 1 aromatic carbocycles. The van der Waals surface area contributed by atoms with E-state index in [4.69, 9.17) is 4.84 Å². The average molecular weight is 474 g/mol. The molecule has 0 spiro atoms. The Labute approximate surface area is 182 Å². The fraction of sp³-hybridized carbons (Fsp3) is 0.474. The maximum atomic E-state index is 12.6. The van der Waals surface area contributed by atoms with Crippen molar-refractivity contribution in [3.63, 3.8) is 0 Å². The second-order valence-electron chi connectivity index (χ2n) is 7.30. The minimum absolute atomic E-state index is 0.0116. The molecule has 0 unspecified atom stereocenters. The molecule has 1 aliphatic rings. The lowest BCUT2D eigenvalue weighted by Gasteiger charge is -2.27. The van der Waals surface area contributed by atoms with Crippen LogP contribution in [0.15, 0.2) is 33.9 Å². The Kier molecular flexibility index (Phi) is 7.16. The zero-order chi connectivity index (χ0) is 23.4. The number of carbonyl (C=O) groups excluding carboxylic acids is 1. The highest BCUT2D eigenvalue weighted by Gasteiger charge is 2.38. The Hall–Kier alpha value is -2.96. The molecule has 0 aliphatic carbocycles. The van der Waals surface area contributed by atoms with Gasteiger partial charge in [0, 0.05) is 37.8 Å². The highest BCUT2D eigenvalue weighted by Crippen LogP contribution is 2.29. The van der Waals surface area contributed by atoms with Crippen LogP contribution in [0.25, 0.3) is 11.4 Å². The SMILES string of the molecule is CS(=O)(=O)CCON=C1CCN(C(=O)Cc2ccc(-c3noc(C(F)(F)F)n3)cc2)CC1. The largest absolute Gasteiger partial charge is 0.471 e. The molecule has 1 aliphatic heterocycles. The summed E-state index contributed by atoms with van der Waals surface area (Å²) in [6.45, 7) is 0.922. The number of piperidine rings is 1. The van der Waals surface area contributed by atoms with Crippen LogP contribution in [0.1, 0.15) is 24.3 Å². The first-order valence-electron chi connectivity index (χ1n) is 9.65. The van der Waals surface area contributed by atoms with Gasteiger partial charge < -0.3 is 14.3 Å². The lowest BCUT2D eigenvalue weighted by molar-refractivity contribution is -0.159. The third kappa shape index (κ3) is 6.77. The maximum Gasteiger partial charge on any atom is 0.471 e. The predicted molar refractivity (Wildman–Crippen MR) is 107 cm³/mol. The van der Waals surface area contributed by atoms with Crippen LogP contribution in [0.4, 0.5) is 13.2 Å². The molecule has 0 saturated carbocycles. The van der Waals surface area contributed by atoms with Crippen LogP contribution < -0.4 is 0 Å². The minimum Gasteiger partial charge on any atom is -0.395 e. The van der Waals surface area contributed by atoms with E-state index in [-0.39, 0.29) is 30.5 Å². The van der Waals surface area contributed by atoms with Crippen molar-refractivity contribution in [2.45, 2.75) is 25.4 Å². The van der Waals surface area contributed by atoms with Gasteiger partial charge in [-0.25, -0.2) is 8.42 Å². The molecule has 9 nitrogen and oxygen atoms in total. The first-order valence-corrected chi connectivity index (χ1v) is 11.7. The van der Waals surface area contributed by atoms with Crippen molar-refractivity contribution in [1.82, 2.24) is 15.0 Å². The monoisotopic (exact) mass is 474 g/mol. The van der Waals surface area contributed by atoms with E-state index in [2.05, 4.69) is 19.8 Å². The fourth-order valence-corrected chi connectivity index (χ4v) is 3.32. The number of hydrogen-bond donors (Lipinski definition) is 0. The number of carbonyl (C=O) groups is 1. The van der Waals surface area contributed by atoms with Gasteiger partial charge in [0.2, 0.25) is 11.7 Å². The Bertz CT molecular complexity index is 1070. The minimum atomic E-state index is -4.71. The number of aromatic nitrogens is 2. The molecule has 1 fully saturated rings. The Balaban J connectivity index is 1.49. The number of oxime groups is 1. The molecule has 0 radical (unpaired) electrons. The molecule has 1 aromatic heterocycles. The fourth-order valence-electron chi connectivity index (χ4n) is 2.95. The van der Waals surface area contributed by atoms with Gasteiger partial charge in [0.15, 0.2) is 9.84 Å². The summed E-state index contributed by atoms with van der Waals surface area (Å²) in [6, 6.07) is 6.32. The highest BCUT2D eigenvalue weighted by molar-refractivity contribution is 7.90. The molecule has 0 bridgehead atoms. The predicted octanol–water partition coefficient (Wildman–Crippen LogP) is 2.34. The van der Waals surface area contributed by atoms with Crippen molar-refractivity contribution in [2.24, 2.45) is 5.16 Å². The van der Waals surface area contributed by atoms with E-state index in [9.17, 15) is 26.4 Å². The van der Waals surface area contributed by atoms with E-state index < -0.39 is 21.9 Å². The number of alkyl halides is 3. The molecule has 1 saturated heterocycles. The van der Waals surface area contributed by atoms with Crippen LogP contribution in [0, 0.1) is 0 Å². The third-order valence-electron chi connectivity index (χ3n) is 4.67.